The first-order valence-corrected chi connectivity index (χ1v) is 6.00. The lowest BCUT2D eigenvalue weighted by atomic mass is 10.1. The summed E-state index contributed by atoms with van der Waals surface area (Å²) < 4.78 is 5.20. The molecule has 0 bridgehead atoms. The molecule has 2 aromatic carbocycles. The molecule has 0 spiro atoms. The molecule has 2 aromatic rings. The van der Waals surface area contributed by atoms with E-state index in [1.54, 1.807) is 7.11 Å². The van der Waals surface area contributed by atoms with Crippen molar-refractivity contribution in [3.8, 4) is 5.75 Å². The highest BCUT2D eigenvalue weighted by molar-refractivity contribution is 5.54. The van der Waals surface area contributed by atoms with Gasteiger partial charge in [-0.05, 0) is 42.3 Å². The number of hydrogen-bond donors (Lipinski definition) is 2. The quantitative estimate of drug-likeness (QED) is 0.792. The van der Waals surface area contributed by atoms with Crippen LogP contribution in [-0.4, -0.2) is 13.7 Å². The topological polar surface area (TPSA) is 47.3 Å². The second-order valence-electron chi connectivity index (χ2n) is 4.15. The van der Waals surface area contributed by atoms with Gasteiger partial charge in [0.1, 0.15) is 5.75 Å². The molecule has 94 valence electrons. The molecule has 0 amide bonds. The summed E-state index contributed by atoms with van der Waals surface area (Å²) in [7, 11) is 1.68. The van der Waals surface area contributed by atoms with Gasteiger partial charge in [0.15, 0.2) is 0 Å². The number of benzene rings is 2. The van der Waals surface area contributed by atoms with Gasteiger partial charge in [-0.1, -0.05) is 18.2 Å². The molecule has 18 heavy (non-hydrogen) atoms. The van der Waals surface area contributed by atoms with E-state index >= 15 is 0 Å². The van der Waals surface area contributed by atoms with Crippen LogP contribution in [0.4, 0.5) is 11.4 Å². The predicted octanol–water partition coefficient (Wildman–Crippen LogP) is 2.93. The van der Waals surface area contributed by atoms with E-state index in [0.29, 0.717) is 0 Å². The molecule has 0 radical (unpaired) electrons. The van der Waals surface area contributed by atoms with E-state index < -0.39 is 0 Å². The third kappa shape index (κ3) is 3.42. The van der Waals surface area contributed by atoms with Gasteiger partial charge < -0.3 is 15.8 Å². The maximum atomic E-state index is 5.72. The molecule has 0 atom stereocenters. The highest BCUT2D eigenvalue weighted by Gasteiger charge is 1.97. The fourth-order valence-electron chi connectivity index (χ4n) is 1.83. The van der Waals surface area contributed by atoms with Crippen molar-refractivity contribution in [1.82, 2.24) is 0 Å². The molecule has 0 aliphatic carbocycles. The summed E-state index contributed by atoms with van der Waals surface area (Å²) in [6, 6.07) is 15.9. The van der Waals surface area contributed by atoms with E-state index in [-0.39, 0.29) is 0 Å². The van der Waals surface area contributed by atoms with Crippen LogP contribution in [0.2, 0.25) is 0 Å². The number of anilines is 2. The number of nitrogens with two attached hydrogens (primary N) is 1. The number of methoxy groups -OCH3 is 1. The standard InChI is InChI=1S/C15H18N2O/c1-18-15-7-2-4-12(10-15)8-9-17-14-6-3-5-13(16)11-14/h2-7,10-11,17H,8-9,16H2,1H3. The first kappa shape index (κ1) is 12.3. The second kappa shape index (κ2) is 5.96. The third-order valence-electron chi connectivity index (χ3n) is 2.76. The Morgan fingerprint density at radius 3 is 2.72 bits per heavy atom. The third-order valence-corrected chi connectivity index (χ3v) is 2.76. The van der Waals surface area contributed by atoms with E-state index in [1.165, 1.54) is 5.56 Å². The first-order valence-electron chi connectivity index (χ1n) is 6.00. The minimum absolute atomic E-state index is 0.779. The Kier molecular flexibility index (Phi) is 4.07. The summed E-state index contributed by atoms with van der Waals surface area (Å²) in [6.07, 6.45) is 0.950. The van der Waals surface area contributed by atoms with Gasteiger partial charge >= 0.3 is 0 Å². The van der Waals surface area contributed by atoms with Gasteiger partial charge in [0, 0.05) is 17.9 Å². The highest BCUT2D eigenvalue weighted by Crippen LogP contribution is 2.14. The average molecular weight is 242 g/mol. The number of nitrogen functional groups attached to an aromatic ring is 1. The van der Waals surface area contributed by atoms with Gasteiger partial charge in [0.2, 0.25) is 0 Å². The molecule has 0 aromatic heterocycles. The summed E-state index contributed by atoms with van der Waals surface area (Å²) in [5, 5.41) is 3.35. The van der Waals surface area contributed by atoms with Crippen LogP contribution in [0.5, 0.6) is 5.75 Å². The minimum Gasteiger partial charge on any atom is -0.497 e. The van der Waals surface area contributed by atoms with Crippen LogP contribution in [0.25, 0.3) is 0 Å². The van der Waals surface area contributed by atoms with Crippen molar-refractivity contribution in [1.29, 1.82) is 0 Å². The van der Waals surface area contributed by atoms with E-state index in [9.17, 15) is 0 Å². The molecule has 0 unspecified atom stereocenters. The SMILES string of the molecule is COc1cccc(CCNc2cccc(N)c2)c1. The maximum Gasteiger partial charge on any atom is 0.119 e. The average Bonchev–Trinajstić information content (AvgIpc) is 2.39. The summed E-state index contributed by atoms with van der Waals surface area (Å²) in [5.41, 5.74) is 8.81. The van der Waals surface area contributed by atoms with E-state index in [2.05, 4.69) is 17.4 Å². The molecule has 0 aliphatic rings. The monoisotopic (exact) mass is 242 g/mol. The number of rotatable bonds is 5. The van der Waals surface area contributed by atoms with Crippen LogP contribution < -0.4 is 15.8 Å². The van der Waals surface area contributed by atoms with E-state index in [0.717, 1.165) is 30.1 Å². The van der Waals surface area contributed by atoms with Gasteiger partial charge in [-0.3, -0.25) is 0 Å². The van der Waals surface area contributed by atoms with Crippen molar-refractivity contribution in [3.63, 3.8) is 0 Å². The summed E-state index contributed by atoms with van der Waals surface area (Å²) in [6.45, 7) is 0.872. The van der Waals surface area contributed by atoms with Crippen molar-refractivity contribution in [3.05, 3.63) is 54.1 Å². The van der Waals surface area contributed by atoms with E-state index in [1.807, 2.05) is 36.4 Å². The van der Waals surface area contributed by atoms with Gasteiger partial charge in [0.25, 0.3) is 0 Å². The molecule has 3 N–H and O–H groups in total. The molecular weight excluding hydrogens is 224 g/mol. The molecule has 2 rings (SSSR count). The Balaban J connectivity index is 1.88. The zero-order valence-corrected chi connectivity index (χ0v) is 10.5. The van der Waals surface area contributed by atoms with Crippen molar-refractivity contribution in [2.24, 2.45) is 0 Å². The van der Waals surface area contributed by atoms with Crippen molar-refractivity contribution < 1.29 is 4.74 Å². The Bertz CT molecular complexity index is 511. The largest absolute Gasteiger partial charge is 0.497 e. The van der Waals surface area contributed by atoms with Gasteiger partial charge in [-0.2, -0.15) is 0 Å². The Hall–Kier alpha value is -2.16. The molecule has 0 fully saturated rings. The zero-order valence-electron chi connectivity index (χ0n) is 10.5. The molecule has 0 heterocycles. The van der Waals surface area contributed by atoms with Gasteiger partial charge in [-0.25, -0.2) is 0 Å². The number of hydrogen-bond acceptors (Lipinski definition) is 3. The van der Waals surface area contributed by atoms with Crippen LogP contribution in [0, 0.1) is 0 Å². The summed E-state index contributed by atoms with van der Waals surface area (Å²) in [5.74, 6) is 0.899. The lowest BCUT2D eigenvalue weighted by Gasteiger charge is -2.08. The number of ether oxygens (including phenoxy) is 1. The minimum atomic E-state index is 0.779. The van der Waals surface area contributed by atoms with Crippen LogP contribution in [0.3, 0.4) is 0 Å². The van der Waals surface area contributed by atoms with Gasteiger partial charge in [-0.15, -0.1) is 0 Å². The van der Waals surface area contributed by atoms with Crippen LogP contribution >= 0.6 is 0 Å². The lowest BCUT2D eigenvalue weighted by molar-refractivity contribution is 0.414. The molecule has 3 heteroatoms. The Labute approximate surface area is 108 Å². The summed E-state index contributed by atoms with van der Waals surface area (Å²) >= 11 is 0. The van der Waals surface area contributed by atoms with Gasteiger partial charge in [0.05, 0.1) is 7.11 Å². The van der Waals surface area contributed by atoms with Crippen LogP contribution in [0.15, 0.2) is 48.5 Å². The second-order valence-corrected chi connectivity index (χ2v) is 4.15. The smallest absolute Gasteiger partial charge is 0.119 e. The van der Waals surface area contributed by atoms with E-state index in [4.69, 9.17) is 10.5 Å². The summed E-state index contributed by atoms with van der Waals surface area (Å²) in [4.78, 5) is 0. The fraction of sp³-hybridized carbons (Fsp3) is 0.200. The fourth-order valence-corrected chi connectivity index (χ4v) is 1.83. The van der Waals surface area contributed by atoms with Crippen molar-refractivity contribution >= 4 is 11.4 Å². The molecule has 3 nitrogen and oxygen atoms in total. The van der Waals surface area contributed by atoms with Crippen LogP contribution in [-0.2, 0) is 6.42 Å². The zero-order chi connectivity index (χ0) is 12.8. The maximum absolute atomic E-state index is 5.72. The van der Waals surface area contributed by atoms with Crippen molar-refractivity contribution in [2.45, 2.75) is 6.42 Å². The Morgan fingerprint density at radius 2 is 1.94 bits per heavy atom. The molecular formula is C15H18N2O. The van der Waals surface area contributed by atoms with Crippen LogP contribution in [0.1, 0.15) is 5.56 Å². The predicted molar refractivity (Wildman–Crippen MR) is 76.0 cm³/mol. The Morgan fingerprint density at radius 1 is 1.11 bits per heavy atom. The normalized spacial score (nSPS) is 10.1. The first-order chi connectivity index (χ1) is 8.78. The van der Waals surface area contributed by atoms with Crippen molar-refractivity contribution in [2.75, 3.05) is 24.7 Å². The highest BCUT2D eigenvalue weighted by atomic mass is 16.5. The molecule has 0 saturated heterocycles. The molecule has 0 aliphatic heterocycles. The molecule has 0 saturated carbocycles. The lowest BCUT2D eigenvalue weighted by Crippen LogP contribution is -2.05. The number of nitrogens with one attached hydrogen (secondary N) is 1.